The normalized spacial score (nSPS) is 38.5. The van der Waals surface area contributed by atoms with Gasteiger partial charge in [0.25, 0.3) is 0 Å². The molecule has 2 fully saturated rings. The first-order chi connectivity index (χ1) is 10.7. The molecule has 0 spiro atoms. The molecule has 0 heterocycles. The number of fused-ring (bicyclic) bond motifs is 5. The highest BCUT2D eigenvalue weighted by molar-refractivity contribution is 5.39. The van der Waals surface area contributed by atoms with Crippen molar-refractivity contribution in [3.63, 3.8) is 0 Å². The third kappa shape index (κ3) is 1.94. The van der Waals surface area contributed by atoms with Gasteiger partial charge in [-0.25, -0.2) is 0 Å². The minimum atomic E-state index is 0.173. The topological polar surface area (TPSA) is 20.2 Å². The fourth-order valence-corrected chi connectivity index (χ4v) is 6.06. The molecule has 118 valence electrons. The summed E-state index contributed by atoms with van der Waals surface area (Å²) in [5.41, 5.74) is 6.41. The lowest BCUT2D eigenvalue weighted by Gasteiger charge is -2.49. The van der Waals surface area contributed by atoms with Crippen LogP contribution < -0.4 is 0 Å². The predicted octanol–water partition coefficient (Wildman–Crippen LogP) is 4.98. The van der Waals surface area contributed by atoms with E-state index in [4.69, 9.17) is 0 Å². The average molecular weight is 296 g/mol. The minimum Gasteiger partial charge on any atom is -0.392 e. The number of benzene rings is 1. The Bertz CT molecular complexity index is 614. The van der Waals surface area contributed by atoms with E-state index in [0.717, 1.165) is 23.3 Å². The zero-order valence-electron chi connectivity index (χ0n) is 13.9. The first-order valence-electron chi connectivity index (χ1n) is 9.05. The highest BCUT2D eigenvalue weighted by atomic mass is 16.3. The predicted molar refractivity (Wildman–Crippen MR) is 90.7 cm³/mol. The van der Waals surface area contributed by atoms with Gasteiger partial charge < -0.3 is 5.11 Å². The van der Waals surface area contributed by atoms with E-state index < -0.39 is 0 Å². The van der Waals surface area contributed by atoms with Gasteiger partial charge in [-0.2, -0.15) is 0 Å². The fourth-order valence-electron chi connectivity index (χ4n) is 6.06. The maximum absolute atomic E-state index is 9.38. The van der Waals surface area contributed by atoms with Crippen molar-refractivity contribution < 1.29 is 5.11 Å². The van der Waals surface area contributed by atoms with Gasteiger partial charge in [0.2, 0.25) is 0 Å². The summed E-state index contributed by atoms with van der Waals surface area (Å²) in [5, 5.41) is 9.38. The Kier molecular flexibility index (Phi) is 3.45. The van der Waals surface area contributed by atoms with E-state index in [1.54, 1.807) is 11.1 Å². The summed E-state index contributed by atoms with van der Waals surface area (Å²) in [6, 6.07) is 6.72. The average Bonchev–Trinajstić information content (AvgIpc) is 2.90. The van der Waals surface area contributed by atoms with Gasteiger partial charge in [0.05, 0.1) is 6.61 Å². The molecule has 2 saturated carbocycles. The fraction of sp³-hybridized carbons (Fsp3) is 0.619. The van der Waals surface area contributed by atoms with E-state index in [9.17, 15) is 5.11 Å². The largest absolute Gasteiger partial charge is 0.392 e. The Morgan fingerprint density at radius 3 is 2.86 bits per heavy atom. The molecule has 1 heteroatoms. The van der Waals surface area contributed by atoms with Crippen LogP contribution in [0.15, 0.2) is 29.8 Å². The van der Waals surface area contributed by atoms with Crippen molar-refractivity contribution in [2.24, 2.45) is 17.3 Å². The van der Waals surface area contributed by atoms with Crippen LogP contribution in [0.3, 0.4) is 0 Å². The zero-order valence-corrected chi connectivity index (χ0v) is 13.9. The van der Waals surface area contributed by atoms with Crippen LogP contribution >= 0.6 is 0 Å². The second-order valence-corrected chi connectivity index (χ2v) is 7.92. The zero-order chi connectivity index (χ0) is 15.3. The SMILES string of the molecule is CC=C1CCC2C3CCc4cc(CO)ccc4C3CCC12C. The third-order valence-corrected chi connectivity index (χ3v) is 7.17. The molecule has 0 aliphatic heterocycles. The number of rotatable bonds is 1. The van der Waals surface area contributed by atoms with Crippen molar-refractivity contribution in [1.82, 2.24) is 0 Å². The number of hydrogen-bond donors (Lipinski definition) is 1. The lowest BCUT2D eigenvalue weighted by molar-refractivity contribution is 0.0813. The van der Waals surface area contributed by atoms with Crippen LogP contribution in [-0.4, -0.2) is 5.11 Å². The minimum absolute atomic E-state index is 0.173. The molecule has 1 aromatic rings. The van der Waals surface area contributed by atoms with E-state index >= 15 is 0 Å². The summed E-state index contributed by atoms with van der Waals surface area (Å²) < 4.78 is 0. The van der Waals surface area contributed by atoms with Crippen LogP contribution in [0, 0.1) is 17.3 Å². The molecule has 3 aliphatic carbocycles. The Hall–Kier alpha value is -1.08. The van der Waals surface area contributed by atoms with E-state index in [1.807, 2.05) is 0 Å². The third-order valence-electron chi connectivity index (χ3n) is 7.17. The van der Waals surface area contributed by atoms with Crippen LogP contribution in [-0.2, 0) is 13.0 Å². The summed E-state index contributed by atoms with van der Waals surface area (Å²) in [6.45, 7) is 4.95. The maximum Gasteiger partial charge on any atom is 0.0681 e. The highest BCUT2D eigenvalue weighted by Crippen LogP contribution is 2.62. The van der Waals surface area contributed by atoms with E-state index in [1.165, 1.54) is 44.1 Å². The molecule has 4 rings (SSSR count). The molecule has 0 radical (unpaired) electrons. The van der Waals surface area contributed by atoms with Crippen LogP contribution in [0.5, 0.6) is 0 Å². The second-order valence-electron chi connectivity index (χ2n) is 7.92. The van der Waals surface area contributed by atoms with E-state index in [-0.39, 0.29) is 6.61 Å². The summed E-state index contributed by atoms with van der Waals surface area (Å²) >= 11 is 0. The lowest BCUT2D eigenvalue weighted by Crippen LogP contribution is -2.40. The van der Waals surface area contributed by atoms with Crippen molar-refractivity contribution in [2.45, 2.75) is 64.9 Å². The number of hydrogen-bond acceptors (Lipinski definition) is 1. The van der Waals surface area contributed by atoms with Gasteiger partial charge >= 0.3 is 0 Å². The molecule has 1 nitrogen and oxygen atoms in total. The van der Waals surface area contributed by atoms with Gasteiger partial charge in [0, 0.05) is 0 Å². The molecule has 0 amide bonds. The Morgan fingerprint density at radius 1 is 1.23 bits per heavy atom. The maximum atomic E-state index is 9.38. The van der Waals surface area contributed by atoms with Crippen LogP contribution in [0.2, 0.25) is 0 Å². The molecule has 22 heavy (non-hydrogen) atoms. The summed E-state index contributed by atoms with van der Waals surface area (Å²) in [4.78, 5) is 0. The summed E-state index contributed by atoms with van der Waals surface area (Å²) in [5.74, 6) is 2.54. The molecule has 1 aromatic carbocycles. The second kappa shape index (κ2) is 5.23. The number of allylic oxidation sites excluding steroid dienone is 2. The van der Waals surface area contributed by atoms with Gasteiger partial charge in [-0.15, -0.1) is 0 Å². The number of aliphatic hydroxyl groups is 1. The van der Waals surface area contributed by atoms with Crippen molar-refractivity contribution in [3.05, 3.63) is 46.5 Å². The van der Waals surface area contributed by atoms with Crippen molar-refractivity contribution >= 4 is 0 Å². The molecule has 1 N–H and O–H groups in total. The Balaban J connectivity index is 1.69. The van der Waals surface area contributed by atoms with Gasteiger partial charge in [0.1, 0.15) is 0 Å². The van der Waals surface area contributed by atoms with E-state index in [2.05, 4.69) is 38.1 Å². The molecule has 3 aliphatic rings. The Morgan fingerprint density at radius 2 is 2.09 bits per heavy atom. The molecule has 4 atom stereocenters. The molecule has 4 unspecified atom stereocenters. The van der Waals surface area contributed by atoms with Crippen molar-refractivity contribution in [1.29, 1.82) is 0 Å². The molecule has 0 bridgehead atoms. The first-order valence-corrected chi connectivity index (χ1v) is 9.05. The van der Waals surface area contributed by atoms with Crippen LogP contribution in [0.4, 0.5) is 0 Å². The number of aliphatic hydroxyl groups excluding tert-OH is 1. The molecule has 0 saturated heterocycles. The van der Waals surface area contributed by atoms with Crippen molar-refractivity contribution in [2.75, 3.05) is 0 Å². The molecular formula is C21H28O. The molecule has 0 aromatic heterocycles. The number of aryl methyl sites for hydroxylation is 1. The smallest absolute Gasteiger partial charge is 0.0681 e. The van der Waals surface area contributed by atoms with E-state index in [0.29, 0.717) is 5.41 Å². The lowest BCUT2D eigenvalue weighted by atomic mass is 9.55. The molecular weight excluding hydrogens is 268 g/mol. The van der Waals surface area contributed by atoms with Crippen LogP contribution in [0.25, 0.3) is 0 Å². The quantitative estimate of drug-likeness (QED) is 0.725. The van der Waals surface area contributed by atoms with Crippen LogP contribution in [0.1, 0.15) is 68.6 Å². The highest BCUT2D eigenvalue weighted by Gasteiger charge is 2.52. The summed E-state index contributed by atoms with van der Waals surface area (Å²) in [6.07, 6.45) is 10.4. The Labute approximate surface area is 134 Å². The van der Waals surface area contributed by atoms with Gasteiger partial charge in [-0.05, 0) is 85.3 Å². The standard InChI is InChI=1S/C21H28O/c1-3-16-6-9-20-19-8-5-15-12-14(13-22)4-7-17(15)18(19)10-11-21(16,20)2/h3-4,7,12,18-20,22H,5-6,8-11,13H2,1-2H3. The van der Waals surface area contributed by atoms with Gasteiger partial charge in [0.15, 0.2) is 0 Å². The first kappa shape index (κ1) is 14.5. The van der Waals surface area contributed by atoms with Gasteiger partial charge in [-0.1, -0.05) is 36.8 Å². The van der Waals surface area contributed by atoms with Crippen molar-refractivity contribution in [3.8, 4) is 0 Å². The van der Waals surface area contributed by atoms with Gasteiger partial charge in [-0.3, -0.25) is 0 Å². The monoisotopic (exact) mass is 296 g/mol. The summed E-state index contributed by atoms with van der Waals surface area (Å²) in [7, 11) is 0.